The van der Waals surface area contributed by atoms with Crippen LogP contribution in [0, 0.1) is 0 Å². The van der Waals surface area contributed by atoms with E-state index in [-0.39, 0.29) is 12.6 Å². The molecule has 116 valence electrons. The molecule has 2 N–H and O–H groups in total. The Kier molecular flexibility index (Phi) is 6.77. The minimum absolute atomic E-state index is 0.0755. The summed E-state index contributed by atoms with van der Waals surface area (Å²) in [6.45, 7) is 3.18. The molecule has 1 aromatic rings. The van der Waals surface area contributed by atoms with Crippen molar-refractivity contribution in [2.75, 3.05) is 19.0 Å². The maximum atomic E-state index is 11.8. The molecule has 0 aliphatic rings. The van der Waals surface area contributed by atoms with Crippen LogP contribution in [0.3, 0.4) is 0 Å². The number of ether oxygens (including phenoxy) is 1. The molecule has 0 amide bonds. The van der Waals surface area contributed by atoms with E-state index >= 15 is 0 Å². The first kappa shape index (κ1) is 17.3. The maximum Gasteiger partial charge on any atom is 0.411 e. The molecule has 1 aromatic heterocycles. The number of halogens is 3. The molecule has 1 heterocycles. The van der Waals surface area contributed by atoms with Crippen LogP contribution in [0.5, 0.6) is 0 Å². The minimum Gasteiger partial charge on any atom is -0.372 e. The molecule has 0 aromatic carbocycles. The van der Waals surface area contributed by atoms with Gasteiger partial charge in [0.15, 0.2) is 5.16 Å². The van der Waals surface area contributed by atoms with Gasteiger partial charge in [-0.3, -0.25) is 0 Å². The van der Waals surface area contributed by atoms with Crippen molar-refractivity contribution < 1.29 is 17.9 Å². The van der Waals surface area contributed by atoms with Crippen molar-refractivity contribution in [3.8, 4) is 0 Å². The van der Waals surface area contributed by atoms with E-state index in [1.807, 2.05) is 18.4 Å². The molecule has 0 saturated carbocycles. The van der Waals surface area contributed by atoms with Crippen molar-refractivity contribution in [2.45, 2.75) is 44.2 Å². The standard InChI is InChI=1S/C11H19F3N4OS/c1-8(2)18-9(6-15)16-17-10(18)20-5-3-4-19-7-11(12,13)14/h8H,3-7,15H2,1-2H3. The molecule has 0 radical (unpaired) electrons. The lowest BCUT2D eigenvalue weighted by atomic mass is 10.4. The van der Waals surface area contributed by atoms with Gasteiger partial charge in [0.05, 0.1) is 6.54 Å². The normalized spacial score (nSPS) is 12.3. The van der Waals surface area contributed by atoms with E-state index in [1.54, 1.807) is 0 Å². The molecule has 5 nitrogen and oxygen atoms in total. The van der Waals surface area contributed by atoms with Crippen LogP contribution in [-0.4, -0.2) is 39.9 Å². The van der Waals surface area contributed by atoms with Gasteiger partial charge in [-0.2, -0.15) is 13.2 Å². The molecule has 0 bridgehead atoms. The predicted molar refractivity (Wildman–Crippen MR) is 70.5 cm³/mol. The molecular weight excluding hydrogens is 293 g/mol. The van der Waals surface area contributed by atoms with Crippen molar-refractivity contribution in [1.82, 2.24) is 14.8 Å². The summed E-state index contributed by atoms with van der Waals surface area (Å²) in [7, 11) is 0. The van der Waals surface area contributed by atoms with E-state index < -0.39 is 12.8 Å². The average molecular weight is 312 g/mol. The van der Waals surface area contributed by atoms with Gasteiger partial charge in [-0.05, 0) is 20.3 Å². The number of nitrogens with two attached hydrogens (primary N) is 1. The van der Waals surface area contributed by atoms with Gasteiger partial charge in [0, 0.05) is 18.4 Å². The summed E-state index contributed by atoms with van der Waals surface area (Å²) in [4.78, 5) is 0. The Morgan fingerprint density at radius 1 is 1.35 bits per heavy atom. The number of rotatable bonds is 8. The summed E-state index contributed by atoms with van der Waals surface area (Å²) in [5.41, 5.74) is 5.58. The highest BCUT2D eigenvalue weighted by atomic mass is 32.2. The topological polar surface area (TPSA) is 66.0 Å². The lowest BCUT2D eigenvalue weighted by Crippen LogP contribution is -2.17. The molecule has 0 saturated heterocycles. The molecule has 0 aliphatic heterocycles. The highest BCUT2D eigenvalue weighted by Gasteiger charge is 2.27. The van der Waals surface area contributed by atoms with Crippen LogP contribution in [0.1, 0.15) is 32.1 Å². The smallest absolute Gasteiger partial charge is 0.372 e. The highest BCUT2D eigenvalue weighted by molar-refractivity contribution is 7.99. The number of thioether (sulfide) groups is 1. The molecule has 1 rings (SSSR count). The number of nitrogens with zero attached hydrogens (tertiary/aromatic N) is 3. The Labute approximate surface area is 120 Å². The Balaban J connectivity index is 2.34. The first-order valence-corrected chi connectivity index (χ1v) is 7.25. The van der Waals surface area contributed by atoms with Gasteiger partial charge < -0.3 is 15.0 Å². The molecule has 0 spiro atoms. The third-order valence-electron chi connectivity index (χ3n) is 2.36. The molecular formula is C11H19F3N4OS. The molecule has 0 atom stereocenters. The van der Waals surface area contributed by atoms with Gasteiger partial charge in [0.2, 0.25) is 0 Å². The zero-order chi connectivity index (χ0) is 15.2. The fourth-order valence-corrected chi connectivity index (χ4v) is 2.57. The molecule has 20 heavy (non-hydrogen) atoms. The third-order valence-corrected chi connectivity index (χ3v) is 3.39. The number of hydrogen-bond acceptors (Lipinski definition) is 5. The SMILES string of the molecule is CC(C)n1c(CN)nnc1SCCCOCC(F)(F)F. The largest absolute Gasteiger partial charge is 0.411 e. The van der Waals surface area contributed by atoms with Crippen molar-refractivity contribution in [1.29, 1.82) is 0 Å². The van der Waals surface area contributed by atoms with Gasteiger partial charge >= 0.3 is 6.18 Å². The molecule has 0 unspecified atom stereocenters. The second-order valence-corrected chi connectivity index (χ2v) is 5.50. The fraction of sp³-hybridized carbons (Fsp3) is 0.818. The highest BCUT2D eigenvalue weighted by Crippen LogP contribution is 2.22. The van der Waals surface area contributed by atoms with Crippen LogP contribution in [0.2, 0.25) is 0 Å². The summed E-state index contributed by atoms with van der Waals surface area (Å²) in [6, 6.07) is 0.188. The second-order valence-electron chi connectivity index (χ2n) is 4.44. The van der Waals surface area contributed by atoms with Crippen molar-refractivity contribution in [3.05, 3.63) is 5.82 Å². The van der Waals surface area contributed by atoms with Crippen LogP contribution in [0.15, 0.2) is 5.16 Å². The molecule has 0 aliphatic carbocycles. The van der Waals surface area contributed by atoms with Gasteiger partial charge in [-0.1, -0.05) is 11.8 Å². The predicted octanol–water partition coefficient (Wildman–Crippen LogP) is 2.38. The Morgan fingerprint density at radius 2 is 2.05 bits per heavy atom. The molecule has 0 fully saturated rings. The summed E-state index contributed by atoms with van der Waals surface area (Å²) in [5.74, 6) is 1.32. The second kappa shape index (κ2) is 7.84. The zero-order valence-corrected chi connectivity index (χ0v) is 12.3. The monoisotopic (exact) mass is 312 g/mol. The van der Waals surface area contributed by atoms with E-state index in [0.717, 1.165) is 5.16 Å². The first-order valence-electron chi connectivity index (χ1n) is 6.26. The lowest BCUT2D eigenvalue weighted by molar-refractivity contribution is -0.173. The van der Waals surface area contributed by atoms with Gasteiger partial charge in [0.25, 0.3) is 0 Å². The van der Waals surface area contributed by atoms with Crippen LogP contribution in [-0.2, 0) is 11.3 Å². The van der Waals surface area contributed by atoms with Crippen LogP contribution < -0.4 is 5.73 Å². The number of alkyl halides is 3. The van der Waals surface area contributed by atoms with Gasteiger partial charge in [0.1, 0.15) is 12.4 Å². The van der Waals surface area contributed by atoms with Crippen LogP contribution >= 0.6 is 11.8 Å². The van der Waals surface area contributed by atoms with E-state index in [2.05, 4.69) is 14.9 Å². The Hall–Kier alpha value is -0.800. The third kappa shape index (κ3) is 5.68. The van der Waals surface area contributed by atoms with Gasteiger partial charge in [-0.25, -0.2) is 0 Å². The Morgan fingerprint density at radius 3 is 2.60 bits per heavy atom. The molecule has 9 heteroatoms. The average Bonchev–Trinajstić information content (AvgIpc) is 2.75. The summed E-state index contributed by atoms with van der Waals surface area (Å²) in [5, 5.41) is 8.76. The van der Waals surface area contributed by atoms with E-state index in [9.17, 15) is 13.2 Å². The first-order chi connectivity index (χ1) is 9.35. The minimum atomic E-state index is -4.26. The van der Waals surface area contributed by atoms with Crippen molar-refractivity contribution >= 4 is 11.8 Å². The van der Waals surface area contributed by atoms with Crippen molar-refractivity contribution in [3.63, 3.8) is 0 Å². The number of hydrogen-bond donors (Lipinski definition) is 1. The summed E-state index contributed by atoms with van der Waals surface area (Å²) in [6.07, 6.45) is -3.75. The van der Waals surface area contributed by atoms with E-state index in [1.165, 1.54) is 11.8 Å². The zero-order valence-electron chi connectivity index (χ0n) is 11.5. The lowest BCUT2D eigenvalue weighted by Gasteiger charge is -2.12. The summed E-state index contributed by atoms with van der Waals surface area (Å²) < 4.78 is 42.0. The van der Waals surface area contributed by atoms with Crippen LogP contribution in [0.25, 0.3) is 0 Å². The number of aromatic nitrogens is 3. The quantitative estimate of drug-likeness (QED) is 0.590. The fourth-order valence-electron chi connectivity index (χ4n) is 1.58. The van der Waals surface area contributed by atoms with E-state index in [0.29, 0.717) is 24.5 Å². The van der Waals surface area contributed by atoms with Crippen molar-refractivity contribution in [2.24, 2.45) is 5.73 Å². The van der Waals surface area contributed by atoms with E-state index in [4.69, 9.17) is 5.73 Å². The Bertz CT molecular complexity index is 409. The maximum absolute atomic E-state index is 11.8. The van der Waals surface area contributed by atoms with Gasteiger partial charge in [-0.15, -0.1) is 10.2 Å². The summed E-state index contributed by atoms with van der Waals surface area (Å²) >= 11 is 1.44. The van der Waals surface area contributed by atoms with Crippen LogP contribution in [0.4, 0.5) is 13.2 Å².